The normalized spacial score (nSPS) is 30.8. The molecule has 3 fully saturated rings. The minimum atomic E-state index is -3.96. The number of benzene rings is 1. The van der Waals surface area contributed by atoms with E-state index in [9.17, 15) is 9.59 Å². The minimum Gasteiger partial charge on any atom is -0.444 e. The predicted molar refractivity (Wildman–Crippen MR) is 126 cm³/mol. The molecule has 4 heterocycles. The number of nitrogens with two attached hydrogens (primary N) is 1. The molecule has 31 heavy (non-hydrogen) atoms. The van der Waals surface area contributed by atoms with Crippen molar-refractivity contribution in [2.45, 2.75) is 31.9 Å². The first-order chi connectivity index (χ1) is 14.5. The number of rotatable bonds is 1. The monoisotopic (exact) mass is 461 g/mol. The largest absolute Gasteiger partial charge is 0.444 e. The van der Waals surface area contributed by atoms with E-state index in [1.807, 2.05) is 56.5 Å². The van der Waals surface area contributed by atoms with Crippen LogP contribution in [-0.4, -0.2) is 56.3 Å². The van der Waals surface area contributed by atoms with Crippen molar-refractivity contribution >= 4 is 37.1 Å². The van der Waals surface area contributed by atoms with Gasteiger partial charge < -0.3 is 9.64 Å². The second-order valence-electron chi connectivity index (χ2n) is 9.68. The smallest absolute Gasteiger partial charge is 0.410 e. The Kier molecular flexibility index (Phi) is 4.13. The standard InChI is InChI=1S/C22H27N3O4S2/c1-21(2,3)29-19(27)24-12-16-13-28-25-20(30)31(23,18(26)15-8-5-4-6-9-15)11-7-10-17(31)22(16,25)14-24/h4-11,16,31H,12-14,23H2,1-3H3. The molecule has 5 rings (SSSR count). The van der Waals surface area contributed by atoms with Gasteiger partial charge in [0.25, 0.3) is 0 Å². The van der Waals surface area contributed by atoms with Gasteiger partial charge in [0, 0.05) is 22.9 Å². The Hall–Kier alpha value is -2.20. The zero-order valence-electron chi connectivity index (χ0n) is 17.8. The highest BCUT2D eigenvalue weighted by molar-refractivity contribution is 8.75. The fourth-order valence-corrected chi connectivity index (χ4v) is 10.6. The van der Waals surface area contributed by atoms with Gasteiger partial charge in [0.05, 0.1) is 13.2 Å². The van der Waals surface area contributed by atoms with Gasteiger partial charge in [-0.05, 0) is 26.2 Å². The summed E-state index contributed by atoms with van der Waals surface area (Å²) in [7, 11) is -3.96. The average Bonchev–Trinajstić information content (AvgIpc) is 3.39. The Bertz CT molecular complexity index is 1080. The van der Waals surface area contributed by atoms with E-state index in [1.54, 1.807) is 22.1 Å². The first-order valence-corrected chi connectivity index (χ1v) is 13.1. The summed E-state index contributed by atoms with van der Waals surface area (Å²) in [6.45, 7) is 6.70. The summed E-state index contributed by atoms with van der Waals surface area (Å²) in [5.74, 6) is -0.0553. The first kappa shape index (κ1) is 20.7. The van der Waals surface area contributed by atoms with Crippen molar-refractivity contribution in [2.24, 2.45) is 11.1 Å². The predicted octanol–water partition coefficient (Wildman–Crippen LogP) is 3.34. The number of carbonyl (C=O) groups is 2. The maximum atomic E-state index is 14.0. The Morgan fingerprint density at radius 2 is 2.00 bits per heavy atom. The summed E-state index contributed by atoms with van der Waals surface area (Å²) in [6, 6.07) is 9.03. The Balaban J connectivity index is 1.59. The van der Waals surface area contributed by atoms with Crippen molar-refractivity contribution < 1.29 is 19.2 Å². The molecule has 1 spiro atoms. The number of carbonyl (C=O) groups excluding carboxylic acids is 2. The van der Waals surface area contributed by atoms with Crippen LogP contribution in [0.25, 0.3) is 0 Å². The molecule has 1 aromatic rings. The quantitative estimate of drug-likeness (QED) is 0.490. The molecular formula is C22H27N3O4S2. The number of allylic oxidation sites excluding steroid dienone is 2. The maximum absolute atomic E-state index is 14.0. The van der Waals surface area contributed by atoms with E-state index in [-0.39, 0.29) is 17.1 Å². The fraction of sp³-hybridized carbons (Fsp3) is 0.409. The Labute approximate surface area is 187 Å². The molecule has 2 unspecified atom stereocenters. The van der Waals surface area contributed by atoms with Gasteiger partial charge in [-0.15, -0.1) is 9.35 Å². The number of thiocarbonyl (C=S) groups is 1. The lowest BCUT2D eigenvalue weighted by molar-refractivity contribution is -0.0827. The van der Waals surface area contributed by atoms with Crippen LogP contribution in [0, 0.1) is 5.92 Å². The molecule has 1 aromatic carbocycles. The molecule has 0 aliphatic carbocycles. The van der Waals surface area contributed by atoms with E-state index in [4.69, 9.17) is 26.9 Å². The van der Waals surface area contributed by atoms with Crippen molar-refractivity contribution in [3.8, 4) is 0 Å². The number of thiol groups is 1. The molecule has 9 heteroatoms. The molecule has 4 aliphatic heterocycles. The van der Waals surface area contributed by atoms with Crippen LogP contribution in [0.1, 0.15) is 31.1 Å². The molecule has 0 radical (unpaired) electrons. The second-order valence-corrected chi connectivity index (χ2v) is 14.5. The zero-order valence-corrected chi connectivity index (χ0v) is 19.5. The van der Waals surface area contributed by atoms with Gasteiger partial charge in [0.1, 0.15) is 11.1 Å². The fourth-order valence-electron chi connectivity index (χ4n) is 5.29. The molecule has 0 aromatic heterocycles. The van der Waals surface area contributed by atoms with Crippen LogP contribution in [0.2, 0.25) is 0 Å². The van der Waals surface area contributed by atoms with Gasteiger partial charge in [-0.3, -0.25) is 14.8 Å². The lowest BCUT2D eigenvalue weighted by Crippen LogP contribution is -2.47. The number of hydroxylamine groups is 2. The van der Waals surface area contributed by atoms with Crippen LogP contribution in [0.5, 0.6) is 0 Å². The molecule has 0 bridgehead atoms. The summed E-state index contributed by atoms with van der Waals surface area (Å²) in [5, 5.41) is 10.5. The van der Waals surface area contributed by atoms with Gasteiger partial charge in [-0.2, -0.15) is 0 Å². The highest BCUT2D eigenvalue weighted by Gasteiger charge is 2.74. The van der Waals surface area contributed by atoms with Crippen molar-refractivity contribution in [2.75, 3.05) is 19.7 Å². The molecule has 3 saturated heterocycles. The number of nitrogens with zero attached hydrogens (tertiary/aromatic N) is 2. The van der Waals surface area contributed by atoms with Crippen molar-refractivity contribution in [1.82, 2.24) is 9.96 Å². The highest BCUT2D eigenvalue weighted by Crippen LogP contribution is 2.84. The summed E-state index contributed by atoms with van der Waals surface area (Å²) in [6.07, 6.45) is 3.38. The van der Waals surface area contributed by atoms with Crippen LogP contribution in [0.4, 0.5) is 4.79 Å². The topological polar surface area (TPSA) is 85.1 Å². The zero-order chi connectivity index (χ0) is 22.3. The minimum absolute atomic E-state index is 0.0553. The molecule has 0 saturated carbocycles. The summed E-state index contributed by atoms with van der Waals surface area (Å²) in [5.41, 5.74) is -0.814. The number of ether oxygens (including phenoxy) is 1. The Morgan fingerprint density at radius 1 is 1.29 bits per heavy atom. The second kappa shape index (κ2) is 6.19. The van der Waals surface area contributed by atoms with Gasteiger partial charge >= 0.3 is 6.09 Å². The van der Waals surface area contributed by atoms with Gasteiger partial charge in [0.2, 0.25) is 5.12 Å². The maximum Gasteiger partial charge on any atom is 0.410 e. The number of likely N-dealkylation sites (tertiary alicyclic amines) is 1. The van der Waals surface area contributed by atoms with Gasteiger partial charge in [0.15, 0.2) is 4.32 Å². The van der Waals surface area contributed by atoms with Crippen LogP contribution in [-0.2, 0) is 9.57 Å². The van der Waals surface area contributed by atoms with E-state index < -0.39 is 20.5 Å². The summed E-state index contributed by atoms with van der Waals surface area (Å²) >= 11 is 5.89. The molecular weight excluding hydrogens is 434 g/mol. The third-order valence-corrected chi connectivity index (χ3v) is 12.5. The van der Waals surface area contributed by atoms with Gasteiger partial charge in [-0.25, -0.2) is 9.86 Å². The third kappa shape index (κ3) is 2.46. The molecule has 166 valence electrons. The number of amides is 1. The lowest BCUT2D eigenvalue weighted by Gasteiger charge is -2.50. The van der Waals surface area contributed by atoms with Crippen LogP contribution >= 0.6 is 21.6 Å². The number of hydrogen-bond donors (Lipinski definition) is 2. The molecule has 2 N–H and O–H groups in total. The van der Waals surface area contributed by atoms with E-state index in [0.717, 1.165) is 4.91 Å². The van der Waals surface area contributed by atoms with Crippen LogP contribution < -0.4 is 5.14 Å². The van der Waals surface area contributed by atoms with E-state index in [1.165, 1.54) is 0 Å². The van der Waals surface area contributed by atoms with Crippen LogP contribution in [0.15, 0.2) is 52.8 Å². The van der Waals surface area contributed by atoms with Crippen LogP contribution in [0.3, 0.4) is 0 Å². The molecule has 2 atom stereocenters. The van der Waals surface area contributed by atoms with E-state index in [0.29, 0.717) is 29.6 Å². The highest BCUT2D eigenvalue weighted by atomic mass is 32.3. The summed E-state index contributed by atoms with van der Waals surface area (Å²) < 4.78 is 5.95. The van der Waals surface area contributed by atoms with Crippen molar-refractivity contribution in [1.29, 1.82) is 0 Å². The average molecular weight is 462 g/mol. The first-order valence-electron chi connectivity index (χ1n) is 10.3. The summed E-state index contributed by atoms with van der Waals surface area (Å²) in [4.78, 5) is 35.3. The SMILES string of the molecule is CC(C)(C)OC(=O)N1CC2CON3C(=S)[SH]4(N)(C(=O)c5ccccc5)C=CC=C4C23C1. The number of hydrogen-bond acceptors (Lipinski definition) is 6. The molecule has 1 amide bonds. The molecule has 4 aliphatic rings. The lowest BCUT2D eigenvalue weighted by atomic mass is 9.88. The van der Waals surface area contributed by atoms with E-state index >= 15 is 0 Å². The van der Waals surface area contributed by atoms with E-state index in [2.05, 4.69) is 0 Å². The number of fused-ring (bicyclic) bond motifs is 1. The van der Waals surface area contributed by atoms with Gasteiger partial charge in [-0.1, -0.05) is 54.7 Å². The Morgan fingerprint density at radius 3 is 2.68 bits per heavy atom. The third-order valence-electron chi connectivity index (χ3n) is 6.62. The van der Waals surface area contributed by atoms with Crippen molar-refractivity contribution in [3.63, 3.8) is 0 Å². The van der Waals surface area contributed by atoms with Crippen molar-refractivity contribution in [3.05, 3.63) is 58.4 Å². The molecule has 7 nitrogen and oxygen atoms in total.